The first-order valence-electron chi connectivity index (χ1n) is 8.05. The van der Waals surface area contributed by atoms with E-state index in [1.165, 1.54) is 10.4 Å². The highest BCUT2D eigenvalue weighted by atomic mass is 32.1. The van der Waals surface area contributed by atoms with Crippen LogP contribution < -0.4 is 15.4 Å². The molecule has 1 aromatic carbocycles. The van der Waals surface area contributed by atoms with Crippen molar-refractivity contribution in [3.63, 3.8) is 0 Å². The zero-order valence-electron chi connectivity index (χ0n) is 15.0. The second kappa shape index (κ2) is 8.68. The number of aromatic nitrogens is 1. The molecular formula is C18H26N4OS. The van der Waals surface area contributed by atoms with E-state index in [-0.39, 0.29) is 0 Å². The van der Waals surface area contributed by atoms with Gasteiger partial charge in [-0.05, 0) is 25.5 Å². The average Bonchev–Trinajstić information content (AvgIpc) is 2.92. The van der Waals surface area contributed by atoms with Gasteiger partial charge in [-0.1, -0.05) is 25.1 Å². The molecule has 0 aliphatic heterocycles. The summed E-state index contributed by atoms with van der Waals surface area (Å²) in [4.78, 5) is 10.1. The first-order valence-corrected chi connectivity index (χ1v) is 8.87. The van der Waals surface area contributed by atoms with Gasteiger partial charge >= 0.3 is 0 Å². The Morgan fingerprint density at radius 3 is 2.67 bits per heavy atom. The number of rotatable bonds is 6. The van der Waals surface area contributed by atoms with Gasteiger partial charge in [-0.15, -0.1) is 11.3 Å². The van der Waals surface area contributed by atoms with Crippen LogP contribution in [0.25, 0.3) is 0 Å². The van der Waals surface area contributed by atoms with Crippen LogP contribution >= 0.6 is 11.3 Å². The summed E-state index contributed by atoms with van der Waals surface area (Å²) in [6, 6.07) is 8.12. The monoisotopic (exact) mass is 346 g/mol. The zero-order valence-corrected chi connectivity index (χ0v) is 15.8. The Balaban J connectivity index is 1.89. The lowest BCUT2D eigenvalue weighted by atomic mass is 10.0. The van der Waals surface area contributed by atoms with Gasteiger partial charge in [0.1, 0.15) is 10.8 Å². The van der Waals surface area contributed by atoms with Crippen molar-refractivity contribution in [2.45, 2.75) is 33.2 Å². The highest BCUT2D eigenvalue weighted by Gasteiger charge is 2.11. The number of aryl methyl sites for hydroxylation is 2. The van der Waals surface area contributed by atoms with Crippen LogP contribution in [-0.2, 0) is 6.54 Å². The van der Waals surface area contributed by atoms with Gasteiger partial charge in [0.25, 0.3) is 0 Å². The smallest absolute Gasteiger partial charge is 0.191 e. The number of methoxy groups -OCH3 is 1. The van der Waals surface area contributed by atoms with Crippen LogP contribution in [0.2, 0.25) is 0 Å². The molecule has 1 atom stereocenters. The summed E-state index contributed by atoms with van der Waals surface area (Å²) >= 11 is 1.72. The maximum atomic E-state index is 5.44. The lowest BCUT2D eigenvalue weighted by Gasteiger charge is -2.18. The van der Waals surface area contributed by atoms with Gasteiger partial charge in [-0.2, -0.15) is 0 Å². The molecule has 5 nitrogen and oxygen atoms in total. The largest absolute Gasteiger partial charge is 0.496 e. The number of nitrogens with zero attached hydrogens (tertiary/aromatic N) is 2. The molecule has 6 heteroatoms. The fraction of sp³-hybridized carbons (Fsp3) is 0.444. The molecule has 1 unspecified atom stereocenters. The number of hydrogen-bond donors (Lipinski definition) is 2. The zero-order chi connectivity index (χ0) is 17.5. The summed E-state index contributed by atoms with van der Waals surface area (Å²) < 4.78 is 5.44. The first-order chi connectivity index (χ1) is 11.5. The van der Waals surface area contributed by atoms with Crippen LogP contribution in [-0.4, -0.2) is 31.6 Å². The molecule has 24 heavy (non-hydrogen) atoms. The maximum Gasteiger partial charge on any atom is 0.191 e. The van der Waals surface area contributed by atoms with Crippen molar-refractivity contribution < 1.29 is 4.74 Å². The normalized spacial score (nSPS) is 12.8. The van der Waals surface area contributed by atoms with Gasteiger partial charge in [0.15, 0.2) is 5.96 Å². The fourth-order valence-corrected chi connectivity index (χ4v) is 3.30. The van der Waals surface area contributed by atoms with E-state index in [9.17, 15) is 0 Å². The molecule has 1 heterocycles. The summed E-state index contributed by atoms with van der Waals surface area (Å²) in [5.74, 6) is 2.01. The fourth-order valence-electron chi connectivity index (χ4n) is 2.43. The van der Waals surface area contributed by atoms with Crippen molar-refractivity contribution in [3.8, 4) is 5.75 Å². The molecule has 0 radical (unpaired) electrons. The number of para-hydroxylation sites is 1. The quantitative estimate of drug-likeness (QED) is 0.623. The summed E-state index contributed by atoms with van der Waals surface area (Å²) in [7, 11) is 3.49. The van der Waals surface area contributed by atoms with Crippen molar-refractivity contribution in [2.75, 3.05) is 20.7 Å². The van der Waals surface area contributed by atoms with E-state index in [1.54, 1.807) is 25.5 Å². The van der Waals surface area contributed by atoms with Crippen molar-refractivity contribution >= 4 is 17.3 Å². The highest BCUT2D eigenvalue weighted by molar-refractivity contribution is 7.11. The topological polar surface area (TPSA) is 58.5 Å². The highest BCUT2D eigenvalue weighted by Crippen LogP contribution is 2.25. The predicted octanol–water partition coefficient (Wildman–Crippen LogP) is 3.24. The average molecular weight is 347 g/mol. The lowest BCUT2D eigenvalue weighted by molar-refractivity contribution is 0.406. The summed E-state index contributed by atoms with van der Waals surface area (Å²) in [6.07, 6.45) is 0. The van der Waals surface area contributed by atoms with Crippen molar-refractivity contribution in [1.29, 1.82) is 0 Å². The van der Waals surface area contributed by atoms with E-state index < -0.39 is 0 Å². The standard InChI is InChI=1S/C18H26N4OS/c1-12(15-8-6-7-9-16(15)23-5)10-20-18(19-4)21-11-17-22-13(2)14(3)24-17/h6-9,12H,10-11H2,1-5H3,(H2,19,20,21). The SMILES string of the molecule is CN=C(NCc1nc(C)c(C)s1)NCC(C)c1ccccc1OC. The molecule has 0 amide bonds. The van der Waals surface area contributed by atoms with Gasteiger partial charge in [0, 0.05) is 24.4 Å². The first kappa shape index (κ1) is 18.3. The van der Waals surface area contributed by atoms with Gasteiger partial charge in [-0.3, -0.25) is 4.99 Å². The minimum absolute atomic E-state index is 0.309. The maximum absolute atomic E-state index is 5.44. The van der Waals surface area contributed by atoms with Gasteiger partial charge in [0.05, 0.1) is 19.3 Å². The number of thiazole rings is 1. The van der Waals surface area contributed by atoms with Crippen molar-refractivity contribution in [3.05, 3.63) is 45.4 Å². The third kappa shape index (κ3) is 4.71. The third-order valence-electron chi connectivity index (χ3n) is 3.95. The molecule has 0 saturated carbocycles. The summed E-state index contributed by atoms with van der Waals surface area (Å²) in [6.45, 7) is 7.76. The number of guanidine groups is 1. The van der Waals surface area contributed by atoms with E-state index in [2.05, 4.69) is 40.5 Å². The minimum Gasteiger partial charge on any atom is -0.496 e. The molecule has 0 fully saturated rings. The van der Waals surface area contributed by atoms with E-state index in [0.717, 1.165) is 29.0 Å². The van der Waals surface area contributed by atoms with Crippen LogP contribution in [0.1, 0.15) is 34.0 Å². The Hall–Kier alpha value is -2.08. The lowest BCUT2D eigenvalue weighted by Crippen LogP contribution is -2.38. The molecule has 0 spiro atoms. The molecule has 0 aliphatic carbocycles. The molecule has 2 aromatic rings. The van der Waals surface area contributed by atoms with E-state index >= 15 is 0 Å². The molecule has 1 aromatic heterocycles. The minimum atomic E-state index is 0.309. The van der Waals surface area contributed by atoms with E-state index in [1.807, 2.05) is 25.1 Å². The molecule has 2 rings (SSSR count). The molecular weight excluding hydrogens is 320 g/mol. The van der Waals surface area contributed by atoms with Gasteiger partial charge in [0.2, 0.25) is 0 Å². The summed E-state index contributed by atoms with van der Waals surface area (Å²) in [5.41, 5.74) is 2.29. The van der Waals surface area contributed by atoms with Crippen LogP contribution in [0.5, 0.6) is 5.75 Å². The molecule has 0 aliphatic rings. The second-order valence-electron chi connectivity index (χ2n) is 5.70. The number of aliphatic imine (C=N–C) groups is 1. The molecule has 0 saturated heterocycles. The number of hydrogen-bond acceptors (Lipinski definition) is 4. The summed E-state index contributed by atoms with van der Waals surface area (Å²) in [5, 5.41) is 7.76. The van der Waals surface area contributed by atoms with Gasteiger partial charge in [-0.25, -0.2) is 4.98 Å². The molecule has 2 N–H and O–H groups in total. The van der Waals surface area contributed by atoms with Gasteiger partial charge < -0.3 is 15.4 Å². The van der Waals surface area contributed by atoms with E-state index in [4.69, 9.17) is 4.74 Å². The number of benzene rings is 1. The van der Waals surface area contributed by atoms with Crippen LogP contribution in [0, 0.1) is 13.8 Å². The van der Waals surface area contributed by atoms with E-state index in [0.29, 0.717) is 12.5 Å². The Morgan fingerprint density at radius 1 is 1.29 bits per heavy atom. The second-order valence-corrected chi connectivity index (χ2v) is 6.99. The van der Waals surface area contributed by atoms with Crippen LogP contribution in [0.4, 0.5) is 0 Å². The third-order valence-corrected chi connectivity index (χ3v) is 5.02. The Labute approximate surface area is 148 Å². The number of ether oxygens (including phenoxy) is 1. The van der Waals surface area contributed by atoms with Crippen molar-refractivity contribution in [2.24, 2.45) is 4.99 Å². The van der Waals surface area contributed by atoms with Crippen LogP contribution in [0.3, 0.4) is 0 Å². The Bertz CT molecular complexity index is 677. The predicted molar refractivity (Wildman–Crippen MR) is 101 cm³/mol. The molecule has 130 valence electrons. The molecule has 0 bridgehead atoms. The Kier molecular flexibility index (Phi) is 6.61. The van der Waals surface area contributed by atoms with Crippen LogP contribution in [0.15, 0.2) is 29.3 Å². The number of nitrogens with one attached hydrogen (secondary N) is 2. The van der Waals surface area contributed by atoms with Crippen molar-refractivity contribution in [1.82, 2.24) is 15.6 Å². The Morgan fingerprint density at radius 2 is 2.04 bits per heavy atom.